The summed E-state index contributed by atoms with van der Waals surface area (Å²) in [5.41, 5.74) is 19.6. The Morgan fingerprint density at radius 2 is 1.20 bits per heavy atom. The molecule has 1 spiro atoms. The van der Waals surface area contributed by atoms with E-state index < -0.39 is 0 Å². The van der Waals surface area contributed by atoms with Crippen LogP contribution in [0.25, 0.3) is 11.1 Å². The van der Waals surface area contributed by atoms with Crippen molar-refractivity contribution in [2.24, 2.45) is 0 Å². The molecule has 4 rings (SSSR count). The summed E-state index contributed by atoms with van der Waals surface area (Å²) in [6.07, 6.45) is 6.38. The van der Waals surface area contributed by atoms with Crippen molar-refractivity contribution in [1.29, 1.82) is 0 Å². The van der Waals surface area contributed by atoms with Crippen molar-refractivity contribution in [2.75, 3.05) is 11.5 Å². The van der Waals surface area contributed by atoms with Gasteiger partial charge in [0.25, 0.3) is 0 Å². The Labute approximate surface area is 119 Å². The first kappa shape index (κ1) is 11.8. The van der Waals surface area contributed by atoms with Crippen LogP contribution < -0.4 is 11.5 Å². The molecule has 2 aromatic rings. The molecule has 0 radical (unpaired) electrons. The van der Waals surface area contributed by atoms with Crippen LogP contribution >= 0.6 is 0 Å². The molecule has 2 heteroatoms. The van der Waals surface area contributed by atoms with E-state index in [2.05, 4.69) is 24.3 Å². The molecule has 20 heavy (non-hydrogen) atoms. The van der Waals surface area contributed by atoms with Crippen LogP contribution in [0.15, 0.2) is 36.4 Å². The third-order valence-corrected chi connectivity index (χ3v) is 5.12. The summed E-state index contributed by atoms with van der Waals surface area (Å²) >= 11 is 0. The highest BCUT2D eigenvalue weighted by atomic mass is 14.6. The summed E-state index contributed by atoms with van der Waals surface area (Å²) in [4.78, 5) is 0. The lowest BCUT2D eigenvalue weighted by atomic mass is 9.68. The number of rotatable bonds is 0. The van der Waals surface area contributed by atoms with Crippen LogP contribution in [0, 0.1) is 0 Å². The molecule has 4 N–H and O–H groups in total. The predicted octanol–water partition coefficient (Wildman–Crippen LogP) is 4.08. The van der Waals surface area contributed by atoms with Gasteiger partial charge in [0.2, 0.25) is 0 Å². The molecule has 102 valence electrons. The fraction of sp³-hybridized carbons (Fsp3) is 0.333. The van der Waals surface area contributed by atoms with E-state index in [4.69, 9.17) is 11.5 Å². The molecule has 2 aliphatic rings. The zero-order chi connectivity index (χ0) is 13.7. The van der Waals surface area contributed by atoms with Gasteiger partial charge in [-0.1, -0.05) is 31.4 Å². The second-order valence-electron chi connectivity index (χ2n) is 6.25. The average molecular weight is 264 g/mol. The number of hydrogen-bond donors (Lipinski definition) is 2. The number of nitrogens with two attached hydrogens (primary N) is 2. The van der Waals surface area contributed by atoms with Crippen molar-refractivity contribution in [3.05, 3.63) is 47.5 Å². The van der Waals surface area contributed by atoms with Crippen LogP contribution in [0.2, 0.25) is 0 Å². The minimum Gasteiger partial charge on any atom is -0.399 e. The normalized spacial score (nSPS) is 18.8. The van der Waals surface area contributed by atoms with Crippen molar-refractivity contribution in [3.63, 3.8) is 0 Å². The van der Waals surface area contributed by atoms with Gasteiger partial charge in [0.15, 0.2) is 0 Å². The van der Waals surface area contributed by atoms with Crippen LogP contribution in [0.1, 0.15) is 43.2 Å². The Morgan fingerprint density at radius 3 is 1.70 bits per heavy atom. The van der Waals surface area contributed by atoms with E-state index in [0.717, 1.165) is 11.4 Å². The van der Waals surface area contributed by atoms with Gasteiger partial charge in [0, 0.05) is 16.8 Å². The maximum absolute atomic E-state index is 6.06. The first-order valence-electron chi connectivity index (χ1n) is 7.51. The molecular formula is C18H20N2. The van der Waals surface area contributed by atoms with Gasteiger partial charge in [0.1, 0.15) is 0 Å². The van der Waals surface area contributed by atoms with Crippen LogP contribution in [0.3, 0.4) is 0 Å². The molecule has 1 fully saturated rings. The Balaban J connectivity index is 2.03. The molecule has 0 unspecified atom stereocenters. The molecule has 2 aromatic carbocycles. The lowest BCUT2D eigenvalue weighted by Gasteiger charge is -2.36. The van der Waals surface area contributed by atoms with E-state index in [1.165, 1.54) is 54.4 Å². The van der Waals surface area contributed by atoms with Crippen LogP contribution in [0.4, 0.5) is 11.4 Å². The molecule has 0 aliphatic heterocycles. The molecule has 0 aromatic heterocycles. The second kappa shape index (κ2) is 4.02. The minimum atomic E-state index is 0.160. The Morgan fingerprint density at radius 1 is 0.700 bits per heavy atom. The van der Waals surface area contributed by atoms with Gasteiger partial charge in [-0.3, -0.25) is 0 Å². The fourth-order valence-electron chi connectivity index (χ4n) is 4.22. The zero-order valence-corrected chi connectivity index (χ0v) is 11.7. The van der Waals surface area contributed by atoms with E-state index >= 15 is 0 Å². The number of anilines is 2. The first-order valence-corrected chi connectivity index (χ1v) is 7.51. The molecule has 0 bridgehead atoms. The second-order valence-corrected chi connectivity index (χ2v) is 6.25. The maximum Gasteiger partial charge on any atom is 0.0317 e. The largest absolute Gasteiger partial charge is 0.399 e. The highest BCUT2D eigenvalue weighted by Crippen LogP contribution is 2.56. The quantitative estimate of drug-likeness (QED) is 0.704. The maximum atomic E-state index is 6.06. The van der Waals surface area contributed by atoms with Crippen LogP contribution in [-0.4, -0.2) is 0 Å². The number of fused-ring (bicyclic) bond motifs is 5. The van der Waals surface area contributed by atoms with E-state index in [1.54, 1.807) is 0 Å². The van der Waals surface area contributed by atoms with E-state index in [0.29, 0.717) is 0 Å². The smallest absolute Gasteiger partial charge is 0.0317 e. The molecular weight excluding hydrogens is 244 g/mol. The van der Waals surface area contributed by atoms with Gasteiger partial charge >= 0.3 is 0 Å². The average Bonchev–Trinajstić information content (AvgIpc) is 2.70. The topological polar surface area (TPSA) is 52.0 Å². The van der Waals surface area contributed by atoms with Crippen molar-refractivity contribution in [2.45, 2.75) is 37.5 Å². The molecule has 2 nitrogen and oxygen atoms in total. The SMILES string of the molecule is Nc1ccc2c(c1)C1(CCCCC1)c1cc(N)ccc1-2. The molecule has 1 saturated carbocycles. The number of hydrogen-bond acceptors (Lipinski definition) is 2. The number of benzene rings is 2. The molecule has 0 heterocycles. The first-order chi connectivity index (χ1) is 9.71. The minimum absolute atomic E-state index is 0.160. The monoisotopic (exact) mass is 264 g/mol. The summed E-state index contributed by atoms with van der Waals surface area (Å²) in [5, 5.41) is 0. The number of nitrogen functional groups attached to an aromatic ring is 2. The third kappa shape index (κ3) is 1.45. The van der Waals surface area contributed by atoms with Crippen molar-refractivity contribution < 1.29 is 0 Å². The van der Waals surface area contributed by atoms with Crippen LogP contribution in [0.5, 0.6) is 0 Å². The Bertz CT molecular complexity index is 628. The predicted molar refractivity (Wildman–Crippen MR) is 84.6 cm³/mol. The van der Waals surface area contributed by atoms with E-state index in [1.807, 2.05) is 12.1 Å². The Hall–Kier alpha value is -1.96. The Kier molecular flexibility index (Phi) is 2.38. The van der Waals surface area contributed by atoms with E-state index in [9.17, 15) is 0 Å². The van der Waals surface area contributed by atoms with Gasteiger partial charge in [-0.25, -0.2) is 0 Å². The highest BCUT2D eigenvalue weighted by molar-refractivity contribution is 5.83. The molecule has 2 aliphatic carbocycles. The van der Waals surface area contributed by atoms with Gasteiger partial charge in [-0.2, -0.15) is 0 Å². The molecule has 0 atom stereocenters. The summed E-state index contributed by atoms with van der Waals surface area (Å²) in [6.45, 7) is 0. The zero-order valence-electron chi connectivity index (χ0n) is 11.7. The van der Waals surface area contributed by atoms with Gasteiger partial charge in [-0.05, 0) is 59.4 Å². The van der Waals surface area contributed by atoms with E-state index in [-0.39, 0.29) is 5.41 Å². The lowest BCUT2D eigenvalue weighted by Crippen LogP contribution is -2.28. The van der Waals surface area contributed by atoms with Crippen molar-refractivity contribution in [3.8, 4) is 11.1 Å². The van der Waals surface area contributed by atoms with Crippen LogP contribution in [-0.2, 0) is 5.41 Å². The highest BCUT2D eigenvalue weighted by Gasteiger charge is 2.43. The van der Waals surface area contributed by atoms with Crippen molar-refractivity contribution in [1.82, 2.24) is 0 Å². The molecule has 0 saturated heterocycles. The van der Waals surface area contributed by atoms with Crippen molar-refractivity contribution >= 4 is 11.4 Å². The van der Waals surface area contributed by atoms with Gasteiger partial charge < -0.3 is 11.5 Å². The lowest BCUT2D eigenvalue weighted by molar-refractivity contribution is 0.353. The van der Waals surface area contributed by atoms with Gasteiger partial charge in [0.05, 0.1) is 0 Å². The molecule has 0 amide bonds. The summed E-state index contributed by atoms with van der Waals surface area (Å²) < 4.78 is 0. The standard InChI is InChI=1S/C18H20N2/c19-12-4-6-14-15-7-5-13(20)11-17(15)18(16(14)10-12)8-2-1-3-9-18/h4-7,10-11H,1-3,8-9,19-20H2. The summed E-state index contributed by atoms with van der Waals surface area (Å²) in [6, 6.07) is 12.8. The summed E-state index contributed by atoms with van der Waals surface area (Å²) in [7, 11) is 0. The summed E-state index contributed by atoms with van der Waals surface area (Å²) in [5.74, 6) is 0. The van der Waals surface area contributed by atoms with Gasteiger partial charge in [-0.15, -0.1) is 0 Å². The fourth-order valence-corrected chi connectivity index (χ4v) is 4.22. The third-order valence-electron chi connectivity index (χ3n) is 5.12.